The standard InChI is InChI=1S/C10H16N4O3/c1-10(2)6(4-7(10)15)12-9-8(14(16)17)11-5-13(9)3/h5-7,12,15H,4H2,1-3H3. The number of nitrogens with zero attached hydrogens (tertiary/aromatic N) is 3. The first-order valence-corrected chi connectivity index (χ1v) is 5.44. The normalized spacial score (nSPS) is 26.4. The Kier molecular flexibility index (Phi) is 2.57. The average Bonchev–Trinajstić information content (AvgIpc) is 2.60. The Morgan fingerprint density at radius 1 is 1.71 bits per heavy atom. The highest BCUT2D eigenvalue weighted by atomic mass is 16.6. The molecule has 0 spiro atoms. The smallest absolute Gasteiger partial charge is 0.392 e. The van der Waals surface area contributed by atoms with Crippen molar-refractivity contribution in [1.29, 1.82) is 0 Å². The second kappa shape index (κ2) is 3.69. The lowest BCUT2D eigenvalue weighted by Crippen LogP contribution is -2.57. The van der Waals surface area contributed by atoms with Gasteiger partial charge in [0.15, 0.2) is 0 Å². The number of aliphatic hydroxyl groups excluding tert-OH is 1. The molecule has 1 aliphatic rings. The maximum atomic E-state index is 10.8. The molecule has 1 aromatic rings. The van der Waals surface area contributed by atoms with Crippen LogP contribution in [-0.4, -0.2) is 31.7 Å². The van der Waals surface area contributed by atoms with Crippen LogP contribution in [0.3, 0.4) is 0 Å². The fourth-order valence-electron chi connectivity index (χ4n) is 2.03. The molecule has 1 aliphatic carbocycles. The highest BCUT2D eigenvalue weighted by Crippen LogP contribution is 2.42. The Balaban J connectivity index is 2.20. The minimum absolute atomic E-state index is 0.0200. The molecule has 0 amide bonds. The predicted octanol–water partition coefficient (Wildman–Crippen LogP) is 0.900. The lowest BCUT2D eigenvalue weighted by molar-refractivity contribution is -0.388. The Labute approximate surface area is 98.6 Å². The van der Waals surface area contributed by atoms with Gasteiger partial charge in [0.25, 0.3) is 0 Å². The molecule has 7 heteroatoms. The van der Waals surface area contributed by atoms with E-state index in [-0.39, 0.29) is 23.4 Å². The van der Waals surface area contributed by atoms with Crippen LogP contribution in [0.25, 0.3) is 0 Å². The molecule has 17 heavy (non-hydrogen) atoms. The molecule has 1 saturated carbocycles. The monoisotopic (exact) mass is 240 g/mol. The molecule has 2 rings (SSSR count). The molecular formula is C10H16N4O3. The quantitative estimate of drug-likeness (QED) is 0.604. The summed E-state index contributed by atoms with van der Waals surface area (Å²) in [5.74, 6) is 0.213. The second-order valence-electron chi connectivity index (χ2n) is 5.05. The number of aryl methyl sites for hydroxylation is 1. The zero-order valence-corrected chi connectivity index (χ0v) is 10.0. The van der Waals surface area contributed by atoms with Crippen molar-refractivity contribution >= 4 is 11.6 Å². The van der Waals surface area contributed by atoms with Crippen LogP contribution in [0.1, 0.15) is 20.3 Å². The molecule has 7 nitrogen and oxygen atoms in total. The molecule has 2 unspecified atom stereocenters. The van der Waals surface area contributed by atoms with E-state index in [0.717, 1.165) is 0 Å². The van der Waals surface area contributed by atoms with Gasteiger partial charge in [0.05, 0.1) is 6.10 Å². The molecule has 0 saturated heterocycles. The maximum Gasteiger partial charge on any atom is 0.406 e. The first kappa shape index (κ1) is 11.8. The molecule has 2 N–H and O–H groups in total. The number of aliphatic hydroxyl groups is 1. The Morgan fingerprint density at radius 2 is 2.35 bits per heavy atom. The molecule has 0 radical (unpaired) electrons. The van der Waals surface area contributed by atoms with Crippen LogP contribution in [0.2, 0.25) is 0 Å². The van der Waals surface area contributed by atoms with Gasteiger partial charge in [-0.15, -0.1) is 0 Å². The summed E-state index contributed by atoms with van der Waals surface area (Å²) in [5.41, 5.74) is -0.280. The van der Waals surface area contributed by atoms with Crippen molar-refractivity contribution in [2.24, 2.45) is 12.5 Å². The predicted molar refractivity (Wildman–Crippen MR) is 61.7 cm³/mol. The van der Waals surface area contributed by atoms with Crippen molar-refractivity contribution in [2.75, 3.05) is 5.32 Å². The summed E-state index contributed by atoms with van der Waals surface area (Å²) in [5, 5.41) is 23.5. The van der Waals surface area contributed by atoms with Crippen LogP contribution in [0.4, 0.5) is 11.6 Å². The van der Waals surface area contributed by atoms with Crippen LogP contribution in [0.5, 0.6) is 0 Å². The fourth-order valence-corrected chi connectivity index (χ4v) is 2.03. The lowest BCUT2D eigenvalue weighted by atomic mass is 9.64. The van der Waals surface area contributed by atoms with E-state index >= 15 is 0 Å². The number of imidazole rings is 1. The maximum absolute atomic E-state index is 10.8. The summed E-state index contributed by atoms with van der Waals surface area (Å²) >= 11 is 0. The fraction of sp³-hybridized carbons (Fsp3) is 0.700. The number of hydrogen-bond acceptors (Lipinski definition) is 5. The minimum atomic E-state index is -0.509. The SMILES string of the molecule is Cn1cnc([N+](=O)[O-])c1NC1CC(O)C1(C)C. The van der Waals surface area contributed by atoms with E-state index in [1.807, 2.05) is 13.8 Å². The van der Waals surface area contributed by atoms with Gasteiger partial charge in [0, 0.05) is 18.5 Å². The topological polar surface area (TPSA) is 93.2 Å². The van der Waals surface area contributed by atoms with E-state index < -0.39 is 4.92 Å². The summed E-state index contributed by atoms with van der Waals surface area (Å²) in [6, 6.07) is 0.0200. The summed E-state index contributed by atoms with van der Waals surface area (Å²) in [6.45, 7) is 3.86. The van der Waals surface area contributed by atoms with Gasteiger partial charge in [0.2, 0.25) is 12.1 Å². The number of hydrogen-bond donors (Lipinski definition) is 2. The summed E-state index contributed by atoms with van der Waals surface area (Å²) in [7, 11) is 1.70. The first-order valence-electron chi connectivity index (χ1n) is 5.44. The minimum Gasteiger partial charge on any atom is -0.392 e. The van der Waals surface area contributed by atoms with Crippen molar-refractivity contribution < 1.29 is 10.0 Å². The van der Waals surface area contributed by atoms with E-state index in [1.165, 1.54) is 6.33 Å². The van der Waals surface area contributed by atoms with E-state index in [0.29, 0.717) is 12.2 Å². The third-order valence-corrected chi connectivity index (χ3v) is 3.62. The van der Waals surface area contributed by atoms with Crippen molar-refractivity contribution in [3.05, 3.63) is 16.4 Å². The van der Waals surface area contributed by atoms with Crippen molar-refractivity contribution in [3.8, 4) is 0 Å². The summed E-state index contributed by atoms with van der Waals surface area (Å²) in [6.07, 6.45) is 1.63. The second-order valence-corrected chi connectivity index (χ2v) is 5.05. The molecule has 0 aliphatic heterocycles. The largest absolute Gasteiger partial charge is 0.406 e. The van der Waals surface area contributed by atoms with Gasteiger partial charge in [-0.25, -0.2) is 0 Å². The molecule has 0 bridgehead atoms. The van der Waals surface area contributed by atoms with Gasteiger partial charge in [-0.1, -0.05) is 13.8 Å². The van der Waals surface area contributed by atoms with Crippen molar-refractivity contribution in [2.45, 2.75) is 32.4 Å². The lowest BCUT2D eigenvalue weighted by Gasteiger charge is -2.49. The third-order valence-electron chi connectivity index (χ3n) is 3.62. The Morgan fingerprint density at radius 3 is 2.82 bits per heavy atom. The molecule has 1 fully saturated rings. The molecule has 1 aromatic heterocycles. The Hall–Kier alpha value is -1.63. The first-order chi connectivity index (χ1) is 7.84. The van der Waals surface area contributed by atoms with Crippen LogP contribution >= 0.6 is 0 Å². The van der Waals surface area contributed by atoms with Gasteiger partial charge >= 0.3 is 5.82 Å². The van der Waals surface area contributed by atoms with Crippen LogP contribution in [0.15, 0.2) is 6.33 Å². The van der Waals surface area contributed by atoms with Crippen LogP contribution in [0, 0.1) is 15.5 Å². The van der Waals surface area contributed by atoms with E-state index in [4.69, 9.17) is 0 Å². The van der Waals surface area contributed by atoms with Gasteiger partial charge < -0.3 is 20.5 Å². The van der Waals surface area contributed by atoms with E-state index in [1.54, 1.807) is 11.6 Å². The van der Waals surface area contributed by atoms with Crippen LogP contribution in [-0.2, 0) is 7.05 Å². The number of nitrogens with one attached hydrogen (secondary N) is 1. The molecular weight excluding hydrogens is 224 g/mol. The highest BCUT2D eigenvalue weighted by Gasteiger charge is 2.48. The average molecular weight is 240 g/mol. The van der Waals surface area contributed by atoms with Gasteiger partial charge in [-0.3, -0.25) is 4.57 Å². The molecule has 2 atom stereocenters. The van der Waals surface area contributed by atoms with E-state index in [9.17, 15) is 15.2 Å². The zero-order chi connectivity index (χ0) is 12.8. The third kappa shape index (κ3) is 1.76. The Bertz CT molecular complexity index is 454. The number of aromatic nitrogens is 2. The highest BCUT2D eigenvalue weighted by molar-refractivity contribution is 5.53. The zero-order valence-electron chi connectivity index (χ0n) is 10.0. The van der Waals surface area contributed by atoms with Gasteiger partial charge in [-0.2, -0.15) is 0 Å². The molecule has 1 heterocycles. The molecule has 94 valence electrons. The number of rotatable bonds is 3. The summed E-state index contributed by atoms with van der Waals surface area (Å²) < 4.78 is 1.58. The van der Waals surface area contributed by atoms with Gasteiger partial charge in [0.1, 0.15) is 0 Å². The van der Waals surface area contributed by atoms with Crippen LogP contribution < -0.4 is 5.32 Å². The van der Waals surface area contributed by atoms with E-state index in [2.05, 4.69) is 10.3 Å². The summed E-state index contributed by atoms with van der Waals surface area (Å²) in [4.78, 5) is 14.0. The van der Waals surface area contributed by atoms with Crippen molar-refractivity contribution in [3.63, 3.8) is 0 Å². The number of anilines is 1. The molecule has 0 aromatic carbocycles. The number of nitro groups is 1. The van der Waals surface area contributed by atoms with Gasteiger partial charge in [-0.05, 0) is 16.3 Å². The van der Waals surface area contributed by atoms with Crippen molar-refractivity contribution in [1.82, 2.24) is 9.55 Å².